The molecule has 0 aliphatic heterocycles. The largest absolute Gasteiger partial charge is 0.326 e. The second-order valence-corrected chi connectivity index (χ2v) is 5.32. The van der Waals surface area contributed by atoms with Gasteiger partial charge in [0, 0.05) is 18.3 Å². The first-order valence-electron chi connectivity index (χ1n) is 6.71. The maximum Gasteiger partial charge on any atom is 0.244 e. The summed E-state index contributed by atoms with van der Waals surface area (Å²) in [5.74, 6) is -0.249. The molecule has 0 saturated carbocycles. The third-order valence-corrected chi connectivity index (χ3v) is 2.99. The number of aryl methyl sites for hydroxylation is 1. The molecule has 1 aromatic rings. The summed E-state index contributed by atoms with van der Waals surface area (Å²) in [5.41, 5.74) is 1.66. The fourth-order valence-electron chi connectivity index (χ4n) is 1.84. The third-order valence-electron chi connectivity index (χ3n) is 2.99. The van der Waals surface area contributed by atoms with Crippen molar-refractivity contribution in [3.8, 4) is 0 Å². The number of likely N-dealkylation sites (N-methyl/N-ethyl adjacent to an activating group) is 1. The van der Waals surface area contributed by atoms with Crippen LogP contribution in [0.5, 0.6) is 0 Å². The number of carbonyl (C=O) groups is 2. The van der Waals surface area contributed by atoms with E-state index in [4.69, 9.17) is 0 Å². The fraction of sp³-hybridized carbons (Fsp3) is 0.467. The van der Waals surface area contributed by atoms with E-state index >= 15 is 0 Å². The summed E-state index contributed by atoms with van der Waals surface area (Å²) < 4.78 is 0. The number of amides is 2. The minimum Gasteiger partial charge on any atom is -0.326 e. The molecule has 0 unspecified atom stereocenters. The third kappa shape index (κ3) is 4.35. The fourth-order valence-corrected chi connectivity index (χ4v) is 1.84. The summed E-state index contributed by atoms with van der Waals surface area (Å²) >= 11 is 0. The van der Waals surface area contributed by atoms with Crippen molar-refractivity contribution in [3.63, 3.8) is 0 Å². The van der Waals surface area contributed by atoms with E-state index in [1.807, 2.05) is 39.8 Å². The van der Waals surface area contributed by atoms with Crippen molar-refractivity contribution in [1.29, 1.82) is 0 Å². The van der Waals surface area contributed by atoms with Gasteiger partial charge in [0.1, 0.15) is 0 Å². The Labute approximate surface area is 120 Å². The lowest BCUT2D eigenvalue weighted by Crippen LogP contribution is -2.49. The number of hydrogen-bond acceptors (Lipinski definition) is 3. The van der Waals surface area contributed by atoms with Crippen molar-refractivity contribution in [2.24, 2.45) is 0 Å². The van der Waals surface area contributed by atoms with Crippen LogP contribution in [0.1, 0.15) is 33.3 Å². The van der Waals surface area contributed by atoms with Gasteiger partial charge in [-0.3, -0.25) is 9.59 Å². The van der Waals surface area contributed by atoms with Gasteiger partial charge in [0.25, 0.3) is 0 Å². The molecule has 0 radical (unpaired) electrons. The predicted molar refractivity (Wildman–Crippen MR) is 81.9 cm³/mol. The number of carbonyl (C=O) groups excluding carboxylic acids is 2. The minimum atomic E-state index is -0.648. The Morgan fingerprint density at radius 2 is 1.85 bits per heavy atom. The molecule has 0 saturated heterocycles. The Kier molecular flexibility index (Phi) is 5.27. The first-order chi connectivity index (χ1) is 9.26. The molecule has 1 aromatic carbocycles. The van der Waals surface area contributed by atoms with Crippen molar-refractivity contribution in [2.45, 2.75) is 40.2 Å². The van der Waals surface area contributed by atoms with E-state index in [0.29, 0.717) is 17.9 Å². The van der Waals surface area contributed by atoms with E-state index in [9.17, 15) is 9.59 Å². The summed E-state index contributed by atoms with van der Waals surface area (Å²) in [6, 6.07) is 5.43. The van der Waals surface area contributed by atoms with E-state index in [2.05, 4.69) is 16.0 Å². The molecule has 3 N–H and O–H groups in total. The van der Waals surface area contributed by atoms with E-state index in [-0.39, 0.29) is 11.8 Å². The van der Waals surface area contributed by atoms with Crippen LogP contribution in [0.4, 0.5) is 11.4 Å². The quantitative estimate of drug-likeness (QED) is 0.773. The molecule has 20 heavy (non-hydrogen) atoms. The molecule has 0 spiro atoms. The van der Waals surface area contributed by atoms with Crippen LogP contribution in [0.2, 0.25) is 0 Å². The highest BCUT2D eigenvalue weighted by Gasteiger charge is 2.26. The van der Waals surface area contributed by atoms with Crippen LogP contribution in [-0.2, 0) is 9.59 Å². The molecular weight excluding hydrogens is 254 g/mol. The zero-order valence-corrected chi connectivity index (χ0v) is 12.8. The van der Waals surface area contributed by atoms with Gasteiger partial charge >= 0.3 is 0 Å². The van der Waals surface area contributed by atoms with Crippen LogP contribution in [0.25, 0.3) is 0 Å². The van der Waals surface area contributed by atoms with Gasteiger partial charge in [-0.2, -0.15) is 0 Å². The lowest BCUT2D eigenvalue weighted by molar-refractivity contribution is -0.121. The molecule has 0 aliphatic rings. The lowest BCUT2D eigenvalue weighted by Gasteiger charge is -2.25. The highest BCUT2D eigenvalue weighted by Crippen LogP contribution is 2.21. The molecule has 5 nitrogen and oxygen atoms in total. The van der Waals surface area contributed by atoms with Gasteiger partial charge in [0.2, 0.25) is 11.8 Å². The van der Waals surface area contributed by atoms with Gasteiger partial charge in [-0.15, -0.1) is 0 Å². The summed E-state index contributed by atoms with van der Waals surface area (Å²) in [6.07, 6.45) is 0. The van der Waals surface area contributed by atoms with Gasteiger partial charge in [-0.1, -0.05) is 13.0 Å². The van der Waals surface area contributed by atoms with Gasteiger partial charge in [-0.05, 0) is 45.0 Å². The summed E-state index contributed by atoms with van der Waals surface area (Å²) in [7, 11) is 0. The molecule has 0 aliphatic carbocycles. The van der Waals surface area contributed by atoms with Crippen LogP contribution < -0.4 is 16.0 Å². The molecule has 2 amide bonds. The molecule has 0 heterocycles. The average molecular weight is 277 g/mol. The van der Waals surface area contributed by atoms with Gasteiger partial charge < -0.3 is 16.0 Å². The molecule has 110 valence electrons. The van der Waals surface area contributed by atoms with Crippen LogP contribution in [-0.4, -0.2) is 23.9 Å². The Hall–Kier alpha value is -1.88. The van der Waals surface area contributed by atoms with Gasteiger partial charge in [0.05, 0.1) is 5.54 Å². The van der Waals surface area contributed by atoms with Crippen molar-refractivity contribution in [1.82, 2.24) is 5.32 Å². The number of anilines is 2. The van der Waals surface area contributed by atoms with Crippen LogP contribution in [0.15, 0.2) is 18.2 Å². The van der Waals surface area contributed by atoms with E-state index < -0.39 is 5.54 Å². The highest BCUT2D eigenvalue weighted by atomic mass is 16.2. The summed E-state index contributed by atoms with van der Waals surface area (Å²) in [6.45, 7) is 9.69. The second-order valence-electron chi connectivity index (χ2n) is 5.32. The second kappa shape index (κ2) is 6.52. The normalized spacial score (nSPS) is 11.1. The first kappa shape index (κ1) is 16.2. The molecular formula is C15H23N3O2. The Morgan fingerprint density at radius 1 is 1.20 bits per heavy atom. The monoisotopic (exact) mass is 277 g/mol. The average Bonchev–Trinajstić information content (AvgIpc) is 2.32. The molecule has 1 rings (SSSR count). The number of benzene rings is 1. The predicted octanol–water partition coefficient (Wildman–Crippen LogP) is 2.28. The Morgan fingerprint density at radius 3 is 2.40 bits per heavy atom. The standard InChI is InChI=1S/C15H23N3O2/c1-6-16-15(4,5)14(20)18-13-9-12(17-11(3)19)8-7-10(13)2/h7-9,16H,6H2,1-5H3,(H,17,19)(H,18,20). The zero-order valence-electron chi connectivity index (χ0n) is 12.8. The van der Waals surface area contributed by atoms with Crippen molar-refractivity contribution >= 4 is 23.2 Å². The van der Waals surface area contributed by atoms with Gasteiger partial charge in [0.15, 0.2) is 0 Å². The molecule has 0 aromatic heterocycles. The van der Waals surface area contributed by atoms with Crippen molar-refractivity contribution in [3.05, 3.63) is 23.8 Å². The molecule has 5 heteroatoms. The van der Waals surface area contributed by atoms with Crippen LogP contribution in [0, 0.1) is 6.92 Å². The Bertz CT molecular complexity index is 510. The smallest absolute Gasteiger partial charge is 0.244 e. The molecule has 0 fully saturated rings. The van der Waals surface area contributed by atoms with E-state index in [1.54, 1.807) is 6.07 Å². The number of rotatable bonds is 5. The van der Waals surface area contributed by atoms with Crippen LogP contribution in [0.3, 0.4) is 0 Å². The van der Waals surface area contributed by atoms with E-state index in [1.165, 1.54) is 6.92 Å². The summed E-state index contributed by atoms with van der Waals surface area (Å²) in [5, 5.41) is 8.73. The topological polar surface area (TPSA) is 70.2 Å². The molecule has 0 atom stereocenters. The zero-order chi connectivity index (χ0) is 15.3. The highest BCUT2D eigenvalue weighted by molar-refractivity contribution is 5.99. The molecule has 0 bridgehead atoms. The number of nitrogens with one attached hydrogen (secondary N) is 3. The number of hydrogen-bond donors (Lipinski definition) is 3. The maximum absolute atomic E-state index is 12.2. The van der Waals surface area contributed by atoms with Gasteiger partial charge in [-0.25, -0.2) is 0 Å². The van der Waals surface area contributed by atoms with Crippen molar-refractivity contribution < 1.29 is 9.59 Å². The first-order valence-corrected chi connectivity index (χ1v) is 6.71. The maximum atomic E-state index is 12.2. The van der Waals surface area contributed by atoms with Crippen molar-refractivity contribution in [2.75, 3.05) is 17.2 Å². The summed E-state index contributed by atoms with van der Waals surface area (Å²) in [4.78, 5) is 23.3. The van der Waals surface area contributed by atoms with Crippen LogP contribution >= 0.6 is 0 Å². The van der Waals surface area contributed by atoms with E-state index in [0.717, 1.165) is 5.56 Å². The Balaban J connectivity index is 2.91. The SMILES string of the molecule is CCNC(C)(C)C(=O)Nc1cc(NC(C)=O)ccc1C. The lowest BCUT2D eigenvalue weighted by atomic mass is 10.0. The minimum absolute atomic E-state index is 0.109.